The van der Waals surface area contributed by atoms with Crippen molar-refractivity contribution in [3.05, 3.63) is 89.9 Å². The molecule has 2 aromatic carbocycles. The Kier molecular flexibility index (Phi) is 13.1. The number of imidazole rings is 1. The van der Waals surface area contributed by atoms with E-state index in [0.29, 0.717) is 45.0 Å². The number of rotatable bonds is 15. The maximum atomic E-state index is 15.5. The van der Waals surface area contributed by atoms with Gasteiger partial charge < -0.3 is 33.9 Å². The normalized spacial score (nSPS) is 22.1. The predicted molar refractivity (Wildman–Crippen MR) is 200 cm³/mol. The fourth-order valence-electron chi connectivity index (χ4n) is 7.94. The Balaban J connectivity index is 1.17. The monoisotopic (exact) mass is 792 g/mol. The van der Waals surface area contributed by atoms with Gasteiger partial charge in [-0.15, -0.1) is 0 Å². The van der Waals surface area contributed by atoms with E-state index in [4.69, 9.17) is 19.2 Å². The summed E-state index contributed by atoms with van der Waals surface area (Å²) >= 11 is 0. The van der Waals surface area contributed by atoms with Crippen LogP contribution in [0.25, 0.3) is 11.3 Å². The molecular weight excluding hydrogens is 745 g/mol. The summed E-state index contributed by atoms with van der Waals surface area (Å²) in [4.78, 5) is 61.2. The highest BCUT2D eigenvalue weighted by atomic mass is 19.1. The molecule has 1 N–H and O–H groups in total. The molecule has 13 nitrogen and oxygen atoms in total. The summed E-state index contributed by atoms with van der Waals surface area (Å²) in [5.41, 5.74) is 1.08. The Morgan fingerprint density at radius 1 is 1.00 bits per heavy atom. The topological polar surface area (TPSA) is 136 Å². The summed E-state index contributed by atoms with van der Waals surface area (Å²) in [6.07, 6.45) is 2.88. The maximum absolute atomic E-state index is 15.5. The summed E-state index contributed by atoms with van der Waals surface area (Å²) in [6.45, 7) is 2.15. The van der Waals surface area contributed by atoms with Crippen LogP contribution in [0.3, 0.4) is 0 Å². The Morgan fingerprint density at radius 3 is 2.51 bits per heavy atom. The fraction of sp³-hybridized carbons (Fsp3) is 0.488. The first-order valence-corrected chi connectivity index (χ1v) is 19.5. The summed E-state index contributed by atoms with van der Waals surface area (Å²) in [6, 6.07) is 12.0. The molecule has 0 radical (unpaired) electrons. The number of hydrogen-bond acceptors (Lipinski definition) is 9. The van der Waals surface area contributed by atoms with Crippen molar-refractivity contribution in [1.29, 1.82) is 0 Å². The van der Waals surface area contributed by atoms with Gasteiger partial charge in [0.1, 0.15) is 23.6 Å². The number of nitrogens with one attached hydrogen (secondary N) is 1. The van der Waals surface area contributed by atoms with Crippen LogP contribution < -0.4 is 5.32 Å². The van der Waals surface area contributed by atoms with E-state index in [1.54, 1.807) is 16.0 Å². The summed E-state index contributed by atoms with van der Waals surface area (Å²) in [5, 5.41) is 3.09. The molecule has 0 bridgehead atoms. The largest absolute Gasteiger partial charge is 0.381 e. The lowest BCUT2D eigenvalue weighted by Gasteiger charge is -2.42. The van der Waals surface area contributed by atoms with Crippen molar-refractivity contribution in [2.45, 2.75) is 44.1 Å². The quantitative estimate of drug-likeness (QED) is 0.182. The molecule has 4 amide bonds. The van der Waals surface area contributed by atoms with Gasteiger partial charge in [-0.2, -0.15) is 0 Å². The zero-order chi connectivity index (χ0) is 39.9. The van der Waals surface area contributed by atoms with E-state index in [1.165, 1.54) is 12.2 Å². The summed E-state index contributed by atoms with van der Waals surface area (Å²) in [5.74, 6) is -3.10. The highest BCUT2D eigenvalue weighted by Crippen LogP contribution is 2.39. The Bertz CT molecular complexity index is 1920. The number of hydrogen-bond donors (Lipinski definition) is 1. The van der Waals surface area contributed by atoms with Gasteiger partial charge in [0.2, 0.25) is 5.91 Å². The van der Waals surface area contributed by atoms with Gasteiger partial charge >= 0.3 is 0 Å². The van der Waals surface area contributed by atoms with Crippen molar-refractivity contribution in [3.8, 4) is 11.3 Å². The number of carbonyl (C=O) groups is 4. The molecule has 4 aliphatic rings. The third-order valence-corrected chi connectivity index (χ3v) is 11.0. The molecule has 0 aliphatic carbocycles. The summed E-state index contributed by atoms with van der Waals surface area (Å²) < 4.78 is 64.5. The molecule has 1 aromatic heterocycles. The van der Waals surface area contributed by atoms with Gasteiger partial charge in [0.25, 0.3) is 17.7 Å². The highest BCUT2D eigenvalue weighted by Gasteiger charge is 2.43. The number of ether oxygens (including phenoxy) is 3. The molecule has 4 aliphatic heterocycles. The lowest BCUT2D eigenvalue weighted by Crippen LogP contribution is -2.55. The van der Waals surface area contributed by atoms with Crippen molar-refractivity contribution < 1.29 is 46.6 Å². The average Bonchev–Trinajstić information content (AvgIpc) is 3.93. The molecule has 16 heteroatoms. The number of imide groups is 1. The third kappa shape index (κ3) is 9.63. The van der Waals surface area contributed by atoms with Gasteiger partial charge in [0, 0.05) is 75.8 Å². The van der Waals surface area contributed by atoms with Crippen molar-refractivity contribution in [2.75, 3.05) is 72.3 Å². The van der Waals surface area contributed by atoms with E-state index in [9.17, 15) is 23.6 Å². The number of carbonyl (C=O) groups excluding carboxylic acids is 4. The smallest absolute Gasteiger partial charge is 0.254 e. The third-order valence-electron chi connectivity index (χ3n) is 11.0. The maximum Gasteiger partial charge on any atom is 0.254 e. The molecule has 0 saturated carbocycles. The number of nitrogens with zero attached hydrogens (tertiary/aromatic N) is 5. The van der Waals surface area contributed by atoms with Crippen LogP contribution in [0.2, 0.25) is 0 Å². The van der Waals surface area contributed by atoms with Crippen molar-refractivity contribution >= 4 is 23.6 Å². The average molecular weight is 793 g/mol. The van der Waals surface area contributed by atoms with E-state index < -0.39 is 53.6 Å². The van der Waals surface area contributed by atoms with Crippen LogP contribution in [0.1, 0.15) is 36.7 Å². The first kappa shape index (κ1) is 40.3. The van der Waals surface area contributed by atoms with Crippen LogP contribution in [0.15, 0.2) is 66.9 Å². The number of morpholine rings is 1. The zero-order valence-electron chi connectivity index (χ0n) is 31.6. The van der Waals surface area contributed by atoms with Crippen LogP contribution >= 0.6 is 0 Å². The Morgan fingerprint density at radius 2 is 1.77 bits per heavy atom. The zero-order valence-corrected chi connectivity index (χ0v) is 31.6. The predicted octanol–water partition coefficient (Wildman–Crippen LogP) is 3.29. The molecule has 3 fully saturated rings. The van der Waals surface area contributed by atoms with Crippen LogP contribution in [0.4, 0.5) is 13.2 Å². The molecule has 304 valence electrons. The minimum absolute atomic E-state index is 0.00306. The molecule has 57 heavy (non-hydrogen) atoms. The van der Waals surface area contributed by atoms with E-state index in [1.807, 2.05) is 34.9 Å². The van der Waals surface area contributed by atoms with Crippen molar-refractivity contribution in [1.82, 2.24) is 29.6 Å². The van der Waals surface area contributed by atoms with E-state index in [-0.39, 0.29) is 82.0 Å². The Labute approximate surface area is 328 Å². The van der Waals surface area contributed by atoms with Gasteiger partial charge in [-0.25, -0.2) is 18.2 Å². The standard InChI is InChI=1S/C41H47F3N6O7/c42-30-6-7-32(43)31(20-30)34-25-48(23-27-4-2-1-3-5-27)40(46-34)39(28-10-15-55-16-11-28)50(24-29-21-45-22-33(29)44)41(54)35-26-47(13-19-57-35)36(51)12-17-56-18-14-49-37(52)8-9-38(49)53/h1-9,20,25,28-29,33,35,39,45H,10-19,21-24,26H2/t29-,33-,35-,39?/m0/s1. The van der Waals surface area contributed by atoms with E-state index >= 15 is 8.78 Å². The molecule has 3 saturated heterocycles. The van der Waals surface area contributed by atoms with Gasteiger partial charge in [-0.3, -0.25) is 24.1 Å². The molecule has 5 heterocycles. The SMILES string of the molecule is O=C(CCOCCN1C(=O)C=CC1=O)N1CCO[C@H](C(=O)N(C[C@@H]2CNC[C@@H]2F)C(c2nc(-c3cc(F)ccc3F)cn2Cc2ccccc2)C2CCOCC2)C1. The second kappa shape index (κ2) is 18.6. The van der Waals surface area contributed by atoms with Crippen LogP contribution in [0.5, 0.6) is 0 Å². The number of benzene rings is 2. The number of alkyl halides is 1. The summed E-state index contributed by atoms with van der Waals surface area (Å²) in [7, 11) is 0. The van der Waals surface area contributed by atoms with Gasteiger partial charge in [0.05, 0.1) is 51.1 Å². The molecule has 0 spiro atoms. The molecule has 3 aromatic rings. The minimum Gasteiger partial charge on any atom is -0.381 e. The second-order valence-electron chi connectivity index (χ2n) is 14.8. The van der Waals surface area contributed by atoms with Crippen molar-refractivity contribution in [2.24, 2.45) is 11.8 Å². The van der Waals surface area contributed by atoms with E-state index in [2.05, 4.69) is 5.32 Å². The number of halogens is 3. The highest BCUT2D eigenvalue weighted by molar-refractivity contribution is 6.12. The van der Waals surface area contributed by atoms with Crippen molar-refractivity contribution in [3.63, 3.8) is 0 Å². The lowest BCUT2D eigenvalue weighted by molar-refractivity contribution is -0.159. The molecule has 7 rings (SSSR count). The second-order valence-corrected chi connectivity index (χ2v) is 14.8. The first-order chi connectivity index (χ1) is 27.7. The Hall–Kier alpha value is -4.90. The number of aromatic nitrogens is 2. The van der Waals surface area contributed by atoms with Gasteiger partial charge in [-0.1, -0.05) is 30.3 Å². The van der Waals surface area contributed by atoms with Gasteiger partial charge in [-0.05, 0) is 42.5 Å². The lowest BCUT2D eigenvalue weighted by atomic mass is 9.88. The molecule has 1 unspecified atom stereocenters. The minimum atomic E-state index is -1.22. The van der Waals surface area contributed by atoms with Crippen LogP contribution in [0, 0.1) is 23.5 Å². The number of amides is 4. The first-order valence-electron chi connectivity index (χ1n) is 19.5. The molecule has 4 atom stereocenters. The van der Waals surface area contributed by atoms with Crippen LogP contribution in [-0.2, 0) is 39.9 Å². The molecular formula is C41H47F3N6O7. The van der Waals surface area contributed by atoms with Gasteiger partial charge in [0.15, 0.2) is 6.10 Å². The van der Waals surface area contributed by atoms with E-state index in [0.717, 1.165) is 28.7 Å². The fourth-order valence-corrected chi connectivity index (χ4v) is 7.94. The van der Waals surface area contributed by atoms with Crippen LogP contribution in [-0.4, -0.2) is 132 Å².